The molecule has 3 aromatic rings. The molecule has 0 spiro atoms. The summed E-state index contributed by atoms with van der Waals surface area (Å²) in [6.07, 6.45) is 0. The summed E-state index contributed by atoms with van der Waals surface area (Å²) in [6.45, 7) is 0.645. The number of aryl methyl sites for hydroxylation is 1. The van der Waals surface area contributed by atoms with Gasteiger partial charge in [0.2, 0.25) is 0 Å². The number of hydrogen-bond acceptors (Lipinski definition) is 3. The Kier molecular flexibility index (Phi) is 3.31. The van der Waals surface area contributed by atoms with Crippen LogP contribution in [0.4, 0.5) is 0 Å². The van der Waals surface area contributed by atoms with E-state index in [1.165, 1.54) is 0 Å². The summed E-state index contributed by atoms with van der Waals surface area (Å²) in [6, 6.07) is 14.9. The Hall–Kier alpha value is -2.40. The third kappa shape index (κ3) is 2.11. The molecule has 0 aliphatic carbocycles. The van der Waals surface area contributed by atoms with Gasteiger partial charge >= 0.3 is 0 Å². The third-order valence-corrected chi connectivity index (χ3v) is 5.61. The molecule has 4 nitrogen and oxygen atoms in total. The van der Waals surface area contributed by atoms with E-state index in [-0.39, 0.29) is 5.43 Å². The Morgan fingerprint density at radius 2 is 1.91 bits per heavy atom. The van der Waals surface area contributed by atoms with Crippen LogP contribution in [0.5, 0.6) is 5.75 Å². The van der Waals surface area contributed by atoms with Gasteiger partial charge in [-0.25, -0.2) is 0 Å². The maximum Gasteiger partial charge on any atom is 0.198 e. The zero-order valence-corrected chi connectivity index (χ0v) is 13.4. The van der Waals surface area contributed by atoms with E-state index >= 15 is 0 Å². The van der Waals surface area contributed by atoms with Gasteiger partial charge in [0, 0.05) is 23.8 Å². The summed E-state index contributed by atoms with van der Waals surface area (Å²) in [5.41, 5.74) is 2.08. The van der Waals surface area contributed by atoms with Crippen LogP contribution in [0.3, 0.4) is 0 Å². The lowest BCUT2D eigenvalue weighted by atomic mass is 10.0. The van der Waals surface area contributed by atoms with Gasteiger partial charge in [-0.15, -0.1) is 0 Å². The van der Waals surface area contributed by atoms with Crippen molar-refractivity contribution in [1.82, 2.24) is 4.57 Å². The monoisotopic (exact) mass is 325 g/mol. The quantitative estimate of drug-likeness (QED) is 0.728. The van der Waals surface area contributed by atoms with Crippen LogP contribution in [0.15, 0.2) is 58.4 Å². The van der Waals surface area contributed by atoms with Crippen LogP contribution >= 0.6 is 0 Å². The lowest BCUT2D eigenvalue weighted by Gasteiger charge is -2.14. The predicted octanol–water partition coefficient (Wildman–Crippen LogP) is 2.80. The van der Waals surface area contributed by atoms with Crippen LogP contribution < -0.4 is 10.2 Å². The highest BCUT2D eigenvalue weighted by Gasteiger charge is 2.27. The second kappa shape index (κ2) is 5.35. The lowest BCUT2D eigenvalue weighted by Crippen LogP contribution is -2.14. The van der Waals surface area contributed by atoms with Crippen molar-refractivity contribution in [2.45, 2.75) is 11.6 Å². The number of aromatic nitrogens is 1. The molecule has 1 unspecified atom stereocenters. The van der Waals surface area contributed by atoms with Crippen LogP contribution in [-0.4, -0.2) is 21.6 Å². The molecule has 116 valence electrons. The van der Waals surface area contributed by atoms with Crippen molar-refractivity contribution < 1.29 is 8.95 Å². The Morgan fingerprint density at radius 3 is 2.65 bits per heavy atom. The highest BCUT2D eigenvalue weighted by molar-refractivity contribution is 7.85. The molecular weight excluding hydrogens is 310 g/mol. The Balaban J connectivity index is 2.17. The van der Waals surface area contributed by atoms with Crippen molar-refractivity contribution in [2.24, 2.45) is 0 Å². The van der Waals surface area contributed by atoms with E-state index in [4.69, 9.17) is 4.74 Å². The normalized spacial score (nSPS) is 16.5. The second-order valence-corrected chi connectivity index (χ2v) is 6.95. The first-order chi connectivity index (χ1) is 11.2. The first kappa shape index (κ1) is 14.2. The van der Waals surface area contributed by atoms with Crippen LogP contribution in [0, 0.1) is 0 Å². The standard InChI is InChI=1S/C18H15NO3S/c1-22-13-7-8-14-15(11-13)19-9-10-23(21)18(19)16(17(14)20)12-5-3-2-4-6-12/h2-8,11H,9-10H2,1H3. The van der Waals surface area contributed by atoms with Crippen molar-refractivity contribution in [1.29, 1.82) is 0 Å². The fourth-order valence-corrected chi connectivity index (χ4v) is 4.53. The second-order valence-electron chi connectivity index (χ2n) is 5.46. The Morgan fingerprint density at radius 1 is 1.13 bits per heavy atom. The summed E-state index contributed by atoms with van der Waals surface area (Å²) in [7, 11) is 0.435. The third-order valence-electron chi connectivity index (χ3n) is 4.20. The minimum absolute atomic E-state index is 0.0737. The van der Waals surface area contributed by atoms with E-state index in [2.05, 4.69) is 0 Å². The van der Waals surface area contributed by atoms with Crippen LogP contribution in [0.2, 0.25) is 0 Å². The Bertz CT molecular complexity index is 993. The maximum absolute atomic E-state index is 13.0. The first-order valence-corrected chi connectivity index (χ1v) is 8.71. The van der Waals surface area contributed by atoms with E-state index in [0.29, 0.717) is 34.0 Å². The fraction of sp³-hybridized carbons (Fsp3) is 0.167. The molecule has 2 aromatic carbocycles. The molecule has 1 aromatic heterocycles. The summed E-state index contributed by atoms with van der Waals surface area (Å²) in [4.78, 5) is 13.0. The van der Waals surface area contributed by atoms with Gasteiger partial charge in [0.15, 0.2) is 5.43 Å². The minimum Gasteiger partial charge on any atom is -0.497 e. The topological polar surface area (TPSA) is 48.3 Å². The number of methoxy groups -OCH3 is 1. The number of fused-ring (bicyclic) bond motifs is 3. The molecule has 2 heterocycles. The number of hydrogen-bond donors (Lipinski definition) is 0. The summed E-state index contributed by atoms with van der Waals surface area (Å²) in [5.74, 6) is 1.23. The summed E-state index contributed by atoms with van der Waals surface area (Å²) >= 11 is 0. The van der Waals surface area contributed by atoms with Crippen LogP contribution in [-0.2, 0) is 17.3 Å². The van der Waals surface area contributed by atoms with E-state index in [0.717, 1.165) is 11.1 Å². The van der Waals surface area contributed by atoms with Crippen molar-refractivity contribution in [3.8, 4) is 16.9 Å². The van der Waals surface area contributed by atoms with E-state index in [1.807, 2.05) is 41.0 Å². The Labute approximate surface area is 135 Å². The molecule has 0 fully saturated rings. The van der Waals surface area contributed by atoms with Gasteiger partial charge in [-0.2, -0.15) is 0 Å². The van der Waals surface area contributed by atoms with Gasteiger partial charge in [-0.1, -0.05) is 30.3 Å². The molecule has 23 heavy (non-hydrogen) atoms. The molecule has 5 heteroatoms. The first-order valence-electron chi connectivity index (χ1n) is 7.39. The summed E-state index contributed by atoms with van der Waals surface area (Å²) < 4.78 is 19.8. The molecule has 0 amide bonds. The molecule has 0 radical (unpaired) electrons. The van der Waals surface area contributed by atoms with Crippen molar-refractivity contribution in [2.75, 3.05) is 12.9 Å². The number of rotatable bonds is 2. The molecule has 4 rings (SSSR count). The van der Waals surface area contributed by atoms with Gasteiger partial charge in [-0.05, 0) is 17.7 Å². The number of ether oxygens (including phenoxy) is 1. The highest BCUT2D eigenvalue weighted by atomic mass is 32.2. The maximum atomic E-state index is 13.0. The predicted molar refractivity (Wildman–Crippen MR) is 91.5 cm³/mol. The van der Waals surface area contributed by atoms with Crippen molar-refractivity contribution in [3.05, 3.63) is 58.8 Å². The molecule has 0 N–H and O–H groups in total. The number of pyridine rings is 1. The van der Waals surface area contributed by atoms with Gasteiger partial charge in [0.1, 0.15) is 10.8 Å². The molecule has 0 saturated carbocycles. The number of nitrogens with zero attached hydrogens (tertiary/aromatic N) is 1. The smallest absolute Gasteiger partial charge is 0.198 e. The average molecular weight is 325 g/mol. The minimum atomic E-state index is -1.16. The fourth-order valence-electron chi connectivity index (χ4n) is 3.12. The zero-order chi connectivity index (χ0) is 16.0. The molecule has 1 atom stereocenters. The largest absolute Gasteiger partial charge is 0.497 e. The van der Waals surface area contributed by atoms with Crippen molar-refractivity contribution >= 4 is 21.7 Å². The lowest BCUT2D eigenvalue weighted by molar-refractivity contribution is 0.415. The molecule has 0 bridgehead atoms. The zero-order valence-electron chi connectivity index (χ0n) is 12.6. The van der Waals surface area contributed by atoms with Gasteiger partial charge < -0.3 is 9.30 Å². The van der Waals surface area contributed by atoms with E-state index in [1.54, 1.807) is 19.2 Å². The van der Waals surface area contributed by atoms with Crippen molar-refractivity contribution in [3.63, 3.8) is 0 Å². The van der Waals surface area contributed by atoms with E-state index in [9.17, 15) is 9.00 Å². The highest BCUT2D eigenvalue weighted by Crippen LogP contribution is 2.32. The molecule has 1 aliphatic rings. The van der Waals surface area contributed by atoms with Gasteiger partial charge in [-0.3, -0.25) is 9.00 Å². The van der Waals surface area contributed by atoms with Gasteiger partial charge in [0.05, 0.1) is 29.0 Å². The summed E-state index contributed by atoms with van der Waals surface area (Å²) in [5, 5.41) is 1.26. The molecule has 1 aliphatic heterocycles. The molecule has 0 saturated heterocycles. The SMILES string of the molecule is COc1ccc2c(=O)c(-c3ccccc3)c3n(c2c1)CCS3=O. The van der Waals surface area contributed by atoms with Gasteiger partial charge in [0.25, 0.3) is 0 Å². The van der Waals surface area contributed by atoms with Crippen LogP contribution in [0.25, 0.3) is 22.0 Å². The number of benzene rings is 2. The van der Waals surface area contributed by atoms with Crippen LogP contribution in [0.1, 0.15) is 0 Å². The molecular formula is C18H15NO3S. The van der Waals surface area contributed by atoms with E-state index < -0.39 is 10.8 Å². The average Bonchev–Trinajstić information content (AvgIpc) is 2.97.